The van der Waals surface area contributed by atoms with Gasteiger partial charge in [-0.05, 0) is 30.0 Å². The van der Waals surface area contributed by atoms with Crippen LogP contribution in [-0.4, -0.2) is 29.6 Å². The Bertz CT molecular complexity index is 468. The quantitative estimate of drug-likeness (QED) is 0.770. The number of aliphatic carboxylic acids is 1. The average Bonchev–Trinajstić information content (AvgIpc) is 2.43. The first-order chi connectivity index (χ1) is 9.93. The molecule has 21 heavy (non-hydrogen) atoms. The molecular formula is C16H23NO4. The molecule has 2 N–H and O–H groups in total. The zero-order valence-corrected chi connectivity index (χ0v) is 12.8. The minimum Gasteiger partial charge on any atom is -0.484 e. The van der Waals surface area contributed by atoms with Gasteiger partial charge in [0.15, 0.2) is 6.61 Å². The largest absolute Gasteiger partial charge is 0.484 e. The zero-order valence-electron chi connectivity index (χ0n) is 12.8. The van der Waals surface area contributed by atoms with Crippen LogP contribution in [0, 0.1) is 5.92 Å². The average molecular weight is 293 g/mol. The van der Waals surface area contributed by atoms with Crippen molar-refractivity contribution in [3.63, 3.8) is 0 Å². The smallest absolute Gasteiger partial charge is 0.326 e. The van der Waals surface area contributed by atoms with E-state index in [0.717, 1.165) is 12.8 Å². The van der Waals surface area contributed by atoms with Crippen LogP contribution in [0.25, 0.3) is 0 Å². The molecule has 0 fully saturated rings. The van der Waals surface area contributed by atoms with Crippen molar-refractivity contribution >= 4 is 11.9 Å². The maximum atomic E-state index is 11.7. The van der Waals surface area contributed by atoms with Crippen LogP contribution in [0.5, 0.6) is 5.75 Å². The summed E-state index contributed by atoms with van der Waals surface area (Å²) in [6, 6.07) is 6.66. The summed E-state index contributed by atoms with van der Waals surface area (Å²) in [7, 11) is 0. The predicted octanol–water partition coefficient (Wildman–Crippen LogP) is 2.24. The van der Waals surface area contributed by atoms with Crippen molar-refractivity contribution in [3.05, 3.63) is 29.8 Å². The third kappa shape index (κ3) is 5.85. The second-order valence-electron chi connectivity index (χ2n) is 5.31. The lowest BCUT2D eigenvalue weighted by molar-refractivity contribution is -0.143. The molecule has 0 radical (unpaired) electrons. The van der Waals surface area contributed by atoms with E-state index in [4.69, 9.17) is 9.84 Å². The summed E-state index contributed by atoms with van der Waals surface area (Å²) < 4.78 is 5.36. The van der Waals surface area contributed by atoms with Crippen LogP contribution in [0.2, 0.25) is 0 Å². The van der Waals surface area contributed by atoms with Crippen LogP contribution in [0.3, 0.4) is 0 Å². The van der Waals surface area contributed by atoms with Gasteiger partial charge in [-0.3, -0.25) is 4.79 Å². The lowest BCUT2D eigenvalue weighted by atomic mass is 10.1. The minimum absolute atomic E-state index is 0.181. The van der Waals surface area contributed by atoms with Crippen LogP contribution in [-0.2, 0) is 16.0 Å². The molecule has 0 aliphatic rings. The van der Waals surface area contributed by atoms with E-state index in [1.165, 1.54) is 5.56 Å². The standard InChI is InChI=1S/C16H23NO4/c1-4-5-12-6-8-13(9-7-12)21-10-14(18)17-15(11(2)3)16(19)20/h6-9,11,15H,4-5,10H2,1-3H3,(H,17,18)(H,19,20)/t15-/m0/s1. The molecule has 0 spiro atoms. The van der Waals surface area contributed by atoms with Crippen molar-refractivity contribution in [2.24, 2.45) is 5.92 Å². The topological polar surface area (TPSA) is 75.6 Å². The molecule has 1 rings (SSSR count). The molecule has 0 aliphatic carbocycles. The van der Waals surface area contributed by atoms with Gasteiger partial charge < -0.3 is 15.2 Å². The van der Waals surface area contributed by atoms with E-state index in [1.807, 2.05) is 24.3 Å². The van der Waals surface area contributed by atoms with Crippen molar-refractivity contribution in [1.29, 1.82) is 0 Å². The molecule has 0 unspecified atom stereocenters. The molecular weight excluding hydrogens is 270 g/mol. The molecule has 1 aromatic carbocycles. The number of aryl methyl sites for hydroxylation is 1. The first-order valence-electron chi connectivity index (χ1n) is 7.18. The van der Waals surface area contributed by atoms with Gasteiger partial charge in [-0.2, -0.15) is 0 Å². The number of ether oxygens (including phenoxy) is 1. The Kier molecular flexibility index (Phi) is 6.72. The number of carbonyl (C=O) groups is 2. The van der Waals surface area contributed by atoms with Crippen molar-refractivity contribution in [2.75, 3.05) is 6.61 Å². The van der Waals surface area contributed by atoms with E-state index >= 15 is 0 Å². The van der Waals surface area contributed by atoms with E-state index < -0.39 is 17.9 Å². The summed E-state index contributed by atoms with van der Waals surface area (Å²) in [5.74, 6) is -1.06. The van der Waals surface area contributed by atoms with E-state index in [-0.39, 0.29) is 12.5 Å². The Morgan fingerprint density at radius 2 is 1.86 bits per heavy atom. The predicted molar refractivity (Wildman–Crippen MR) is 80.3 cm³/mol. The number of rotatable bonds is 8. The number of nitrogens with one attached hydrogen (secondary N) is 1. The highest BCUT2D eigenvalue weighted by molar-refractivity contribution is 5.84. The Labute approximate surface area is 125 Å². The molecule has 116 valence electrons. The Hall–Kier alpha value is -2.04. The normalized spacial score (nSPS) is 12.0. The molecule has 1 amide bonds. The molecule has 5 nitrogen and oxygen atoms in total. The fourth-order valence-electron chi connectivity index (χ4n) is 1.92. The minimum atomic E-state index is -1.04. The van der Waals surface area contributed by atoms with Gasteiger partial charge in [0.2, 0.25) is 0 Å². The zero-order chi connectivity index (χ0) is 15.8. The Morgan fingerprint density at radius 3 is 2.33 bits per heavy atom. The second-order valence-corrected chi connectivity index (χ2v) is 5.31. The summed E-state index contributed by atoms with van der Waals surface area (Å²) in [6.45, 7) is 5.41. The summed E-state index contributed by atoms with van der Waals surface area (Å²) in [6.07, 6.45) is 2.09. The van der Waals surface area contributed by atoms with Crippen LogP contribution < -0.4 is 10.1 Å². The Balaban J connectivity index is 2.47. The van der Waals surface area contributed by atoms with Crippen molar-refractivity contribution in [1.82, 2.24) is 5.32 Å². The summed E-state index contributed by atoms with van der Waals surface area (Å²) in [4.78, 5) is 22.7. The SMILES string of the molecule is CCCc1ccc(OCC(=O)N[C@H](C(=O)O)C(C)C)cc1. The van der Waals surface area contributed by atoms with Crippen molar-refractivity contribution < 1.29 is 19.4 Å². The number of amides is 1. The van der Waals surface area contributed by atoms with E-state index in [9.17, 15) is 9.59 Å². The first-order valence-corrected chi connectivity index (χ1v) is 7.18. The molecule has 1 aromatic rings. The highest BCUT2D eigenvalue weighted by Gasteiger charge is 2.23. The molecule has 0 aliphatic heterocycles. The van der Waals surface area contributed by atoms with Gasteiger partial charge in [-0.25, -0.2) is 4.79 Å². The van der Waals surface area contributed by atoms with E-state index in [0.29, 0.717) is 5.75 Å². The van der Waals surface area contributed by atoms with Gasteiger partial charge in [-0.1, -0.05) is 39.3 Å². The molecule has 0 saturated heterocycles. The molecule has 0 bridgehead atoms. The summed E-state index contributed by atoms with van der Waals surface area (Å²) in [5.41, 5.74) is 1.22. The highest BCUT2D eigenvalue weighted by atomic mass is 16.5. The van der Waals surface area contributed by atoms with Gasteiger partial charge >= 0.3 is 5.97 Å². The summed E-state index contributed by atoms with van der Waals surface area (Å²) in [5, 5.41) is 11.5. The van der Waals surface area contributed by atoms with Gasteiger partial charge in [0.05, 0.1) is 0 Å². The van der Waals surface area contributed by atoms with Crippen LogP contribution in [0.15, 0.2) is 24.3 Å². The third-order valence-electron chi connectivity index (χ3n) is 3.08. The number of carboxylic acid groups (broad SMARTS) is 1. The molecule has 0 heterocycles. The van der Waals surface area contributed by atoms with Gasteiger partial charge in [0, 0.05) is 0 Å². The van der Waals surface area contributed by atoms with Crippen molar-refractivity contribution in [3.8, 4) is 5.75 Å². The highest BCUT2D eigenvalue weighted by Crippen LogP contribution is 2.13. The van der Waals surface area contributed by atoms with Gasteiger partial charge in [-0.15, -0.1) is 0 Å². The molecule has 1 atom stereocenters. The molecule has 0 aromatic heterocycles. The number of benzene rings is 1. The number of carboxylic acids is 1. The number of carbonyl (C=O) groups excluding carboxylic acids is 1. The lowest BCUT2D eigenvalue weighted by Gasteiger charge is -2.18. The second kappa shape index (κ2) is 8.29. The van der Waals surface area contributed by atoms with Crippen molar-refractivity contribution in [2.45, 2.75) is 39.7 Å². The first kappa shape index (κ1) is 17.0. The fraction of sp³-hybridized carbons (Fsp3) is 0.500. The van der Waals surface area contributed by atoms with Gasteiger partial charge in [0.25, 0.3) is 5.91 Å². The number of hydrogen-bond acceptors (Lipinski definition) is 3. The number of hydrogen-bond donors (Lipinski definition) is 2. The van der Waals surface area contributed by atoms with Gasteiger partial charge in [0.1, 0.15) is 11.8 Å². The fourth-order valence-corrected chi connectivity index (χ4v) is 1.92. The monoisotopic (exact) mass is 293 g/mol. The van der Waals surface area contributed by atoms with Crippen LogP contribution in [0.1, 0.15) is 32.8 Å². The van der Waals surface area contributed by atoms with E-state index in [1.54, 1.807) is 13.8 Å². The van der Waals surface area contributed by atoms with E-state index in [2.05, 4.69) is 12.2 Å². The summed E-state index contributed by atoms with van der Waals surface area (Å²) >= 11 is 0. The Morgan fingerprint density at radius 1 is 1.24 bits per heavy atom. The lowest BCUT2D eigenvalue weighted by Crippen LogP contribution is -2.46. The maximum absolute atomic E-state index is 11.7. The maximum Gasteiger partial charge on any atom is 0.326 e. The molecule has 5 heteroatoms. The molecule has 0 saturated carbocycles. The van der Waals surface area contributed by atoms with Crippen LogP contribution >= 0.6 is 0 Å². The third-order valence-corrected chi connectivity index (χ3v) is 3.08. The van der Waals surface area contributed by atoms with Crippen LogP contribution in [0.4, 0.5) is 0 Å².